The molecular formula is C19H20N2O4S2. The molecule has 0 radical (unpaired) electrons. The SMILES string of the molecule is CCS(=O)(=O)c1ccc(NC(=O)[C@@H]2CSCN2C(=O)c2ccccc2)cc1. The van der Waals surface area contributed by atoms with Gasteiger partial charge in [-0.1, -0.05) is 25.1 Å². The molecule has 0 aliphatic carbocycles. The van der Waals surface area contributed by atoms with Crippen LogP contribution in [0.4, 0.5) is 5.69 Å². The zero-order valence-electron chi connectivity index (χ0n) is 14.8. The van der Waals surface area contributed by atoms with Gasteiger partial charge in [0.2, 0.25) is 5.91 Å². The number of hydrogen-bond donors (Lipinski definition) is 1. The first kappa shape index (κ1) is 19.4. The van der Waals surface area contributed by atoms with Crippen LogP contribution in [0.5, 0.6) is 0 Å². The Morgan fingerprint density at radius 1 is 1.11 bits per heavy atom. The van der Waals surface area contributed by atoms with Crippen molar-refractivity contribution >= 4 is 39.1 Å². The second kappa shape index (κ2) is 8.14. The minimum Gasteiger partial charge on any atom is -0.324 e. The van der Waals surface area contributed by atoms with Gasteiger partial charge < -0.3 is 10.2 Å². The Kier molecular flexibility index (Phi) is 5.86. The number of benzene rings is 2. The van der Waals surface area contributed by atoms with E-state index in [4.69, 9.17) is 0 Å². The van der Waals surface area contributed by atoms with Gasteiger partial charge in [0.05, 0.1) is 16.5 Å². The summed E-state index contributed by atoms with van der Waals surface area (Å²) in [6.07, 6.45) is 0. The molecule has 6 nitrogen and oxygen atoms in total. The Bertz CT molecular complexity index is 928. The van der Waals surface area contributed by atoms with Crippen LogP contribution in [-0.2, 0) is 14.6 Å². The summed E-state index contributed by atoms with van der Waals surface area (Å²) < 4.78 is 23.7. The van der Waals surface area contributed by atoms with Crippen LogP contribution in [-0.4, -0.2) is 48.6 Å². The summed E-state index contributed by atoms with van der Waals surface area (Å²) in [4.78, 5) is 27.1. The highest BCUT2D eigenvalue weighted by Gasteiger charge is 2.35. The van der Waals surface area contributed by atoms with Crippen molar-refractivity contribution in [3.05, 3.63) is 60.2 Å². The zero-order valence-corrected chi connectivity index (χ0v) is 16.4. The number of nitrogens with one attached hydrogen (secondary N) is 1. The molecule has 1 aliphatic rings. The van der Waals surface area contributed by atoms with E-state index in [0.717, 1.165) is 0 Å². The standard InChI is InChI=1S/C19H20N2O4S2/c1-2-27(24,25)16-10-8-15(9-11-16)20-18(22)17-12-26-13-21(17)19(23)14-6-4-3-5-7-14/h3-11,17H,2,12-13H2,1H3,(H,20,22)/t17-/m0/s1. The van der Waals surface area contributed by atoms with E-state index in [1.165, 1.54) is 23.9 Å². The summed E-state index contributed by atoms with van der Waals surface area (Å²) in [5.41, 5.74) is 1.05. The van der Waals surface area contributed by atoms with Crippen molar-refractivity contribution in [2.24, 2.45) is 0 Å². The minimum absolute atomic E-state index is 0.0224. The second-order valence-corrected chi connectivity index (χ2v) is 9.35. The first-order valence-corrected chi connectivity index (χ1v) is 11.3. The molecule has 2 aromatic carbocycles. The van der Waals surface area contributed by atoms with Gasteiger partial charge in [-0.3, -0.25) is 9.59 Å². The third kappa shape index (κ3) is 4.33. The molecule has 142 valence electrons. The molecule has 1 atom stereocenters. The Labute approximate surface area is 162 Å². The number of carbonyl (C=O) groups is 2. The first-order chi connectivity index (χ1) is 12.9. The number of carbonyl (C=O) groups excluding carboxylic acids is 2. The molecular weight excluding hydrogens is 384 g/mol. The highest BCUT2D eigenvalue weighted by Crippen LogP contribution is 2.24. The number of amides is 2. The van der Waals surface area contributed by atoms with E-state index in [2.05, 4.69) is 5.32 Å². The fourth-order valence-electron chi connectivity index (χ4n) is 2.74. The van der Waals surface area contributed by atoms with Gasteiger partial charge in [-0.2, -0.15) is 0 Å². The number of hydrogen-bond acceptors (Lipinski definition) is 5. The third-order valence-corrected chi connectivity index (χ3v) is 7.09. The van der Waals surface area contributed by atoms with E-state index in [1.54, 1.807) is 48.2 Å². The maximum Gasteiger partial charge on any atom is 0.255 e. The van der Waals surface area contributed by atoms with E-state index in [-0.39, 0.29) is 22.5 Å². The Balaban J connectivity index is 1.71. The van der Waals surface area contributed by atoms with Gasteiger partial charge in [0.1, 0.15) is 6.04 Å². The van der Waals surface area contributed by atoms with E-state index in [9.17, 15) is 18.0 Å². The van der Waals surface area contributed by atoms with Crippen molar-refractivity contribution in [2.45, 2.75) is 17.9 Å². The molecule has 1 aliphatic heterocycles. The molecule has 2 amide bonds. The van der Waals surface area contributed by atoms with Gasteiger partial charge in [-0.25, -0.2) is 8.42 Å². The van der Waals surface area contributed by atoms with Crippen LogP contribution in [0.1, 0.15) is 17.3 Å². The lowest BCUT2D eigenvalue weighted by molar-refractivity contribution is -0.119. The Hall–Kier alpha value is -2.32. The van der Waals surface area contributed by atoms with Crippen molar-refractivity contribution in [1.29, 1.82) is 0 Å². The van der Waals surface area contributed by atoms with Gasteiger partial charge in [-0.05, 0) is 36.4 Å². The number of sulfone groups is 1. The molecule has 0 spiro atoms. The number of anilines is 1. The molecule has 27 heavy (non-hydrogen) atoms. The highest BCUT2D eigenvalue weighted by molar-refractivity contribution is 7.99. The van der Waals surface area contributed by atoms with E-state index in [1.807, 2.05) is 6.07 Å². The largest absolute Gasteiger partial charge is 0.324 e. The lowest BCUT2D eigenvalue weighted by Gasteiger charge is -2.23. The molecule has 0 saturated carbocycles. The van der Waals surface area contributed by atoms with Crippen molar-refractivity contribution in [1.82, 2.24) is 4.90 Å². The van der Waals surface area contributed by atoms with Crippen LogP contribution >= 0.6 is 11.8 Å². The topological polar surface area (TPSA) is 83.6 Å². The predicted octanol–water partition coefficient (Wildman–Crippen LogP) is 2.63. The van der Waals surface area contributed by atoms with Crippen molar-refractivity contribution in [3.63, 3.8) is 0 Å². The van der Waals surface area contributed by atoms with Crippen LogP contribution in [0.15, 0.2) is 59.5 Å². The van der Waals surface area contributed by atoms with Gasteiger partial charge in [0.25, 0.3) is 5.91 Å². The van der Waals surface area contributed by atoms with E-state index < -0.39 is 15.9 Å². The summed E-state index contributed by atoms with van der Waals surface area (Å²) in [6, 6.07) is 14.4. The maximum absolute atomic E-state index is 12.7. The summed E-state index contributed by atoms with van der Waals surface area (Å²) in [5.74, 6) is 0.543. The smallest absolute Gasteiger partial charge is 0.255 e. The average molecular weight is 405 g/mol. The molecule has 0 unspecified atom stereocenters. The Morgan fingerprint density at radius 2 is 1.78 bits per heavy atom. The normalized spacial score (nSPS) is 16.9. The molecule has 2 aromatic rings. The van der Waals surface area contributed by atoms with Crippen LogP contribution in [0, 0.1) is 0 Å². The molecule has 1 fully saturated rings. The highest BCUT2D eigenvalue weighted by atomic mass is 32.2. The zero-order chi connectivity index (χ0) is 19.4. The molecule has 1 saturated heterocycles. The molecule has 1 heterocycles. The van der Waals surface area contributed by atoms with E-state index >= 15 is 0 Å². The fourth-order valence-corrected chi connectivity index (χ4v) is 4.78. The quantitative estimate of drug-likeness (QED) is 0.828. The lowest BCUT2D eigenvalue weighted by atomic mass is 10.1. The van der Waals surface area contributed by atoms with Crippen LogP contribution in [0.2, 0.25) is 0 Å². The van der Waals surface area contributed by atoms with Crippen molar-refractivity contribution < 1.29 is 18.0 Å². The van der Waals surface area contributed by atoms with Gasteiger partial charge in [0.15, 0.2) is 9.84 Å². The van der Waals surface area contributed by atoms with Crippen molar-refractivity contribution in [2.75, 3.05) is 22.7 Å². The number of rotatable bonds is 5. The first-order valence-electron chi connectivity index (χ1n) is 8.50. The lowest BCUT2D eigenvalue weighted by Crippen LogP contribution is -2.44. The van der Waals surface area contributed by atoms with Gasteiger partial charge in [0, 0.05) is 17.0 Å². The van der Waals surface area contributed by atoms with Crippen LogP contribution < -0.4 is 5.32 Å². The second-order valence-electron chi connectivity index (χ2n) is 6.07. The van der Waals surface area contributed by atoms with Gasteiger partial charge >= 0.3 is 0 Å². The molecule has 0 aromatic heterocycles. The Morgan fingerprint density at radius 3 is 2.41 bits per heavy atom. The molecule has 3 rings (SSSR count). The average Bonchev–Trinajstić information content (AvgIpc) is 3.18. The monoisotopic (exact) mass is 404 g/mol. The summed E-state index contributed by atoms with van der Waals surface area (Å²) in [6.45, 7) is 1.58. The predicted molar refractivity (Wildman–Crippen MR) is 107 cm³/mol. The molecule has 8 heteroatoms. The molecule has 1 N–H and O–H groups in total. The fraction of sp³-hybridized carbons (Fsp3) is 0.263. The summed E-state index contributed by atoms with van der Waals surface area (Å²) >= 11 is 1.53. The van der Waals surface area contributed by atoms with Crippen molar-refractivity contribution in [3.8, 4) is 0 Å². The van der Waals surface area contributed by atoms with Crippen LogP contribution in [0.3, 0.4) is 0 Å². The third-order valence-electron chi connectivity index (χ3n) is 4.33. The van der Waals surface area contributed by atoms with Crippen LogP contribution in [0.25, 0.3) is 0 Å². The van der Waals surface area contributed by atoms with E-state index in [0.29, 0.717) is 22.9 Å². The maximum atomic E-state index is 12.7. The number of nitrogens with zero attached hydrogens (tertiary/aromatic N) is 1. The number of thioether (sulfide) groups is 1. The summed E-state index contributed by atoms with van der Waals surface area (Å²) in [7, 11) is -3.28. The minimum atomic E-state index is -3.28. The summed E-state index contributed by atoms with van der Waals surface area (Å²) in [5, 5.41) is 2.78. The molecule has 0 bridgehead atoms. The van der Waals surface area contributed by atoms with Gasteiger partial charge in [-0.15, -0.1) is 11.8 Å².